The van der Waals surface area contributed by atoms with Gasteiger partial charge in [-0.15, -0.1) is 0 Å². The fourth-order valence-electron chi connectivity index (χ4n) is 1.58. The number of hydrogen-bond acceptors (Lipinski definition) is 5. The van der Waals surface area contributed by atoms with Crippen molar-refractivity contribution in [2.24, 2.45) is 0 Å². The maximum Gasteiger partial charge on any atom is 0.324 e. The highest BCUT2D eigenvalue weighted by molar-refractivity contribution is 7.13. The number of hydrogen-bond donors (Lipinski definition) is 0. The first-order chi connectivity index (χ1) is 9.32. The second-order valence-corrected chi connectivity index (χ2v) is 5.65. The second-order valence-electron chi connectivity index (χ2n) is 3.57. The molecule has 1 aromatic carbocycles. The first-order valence-corrected chi connectivity index (χ1v) is 6.89. The third-order valence-electron chi connectivity index (χ3n) is 2.38. The highest BCUT2D eigenvalue weighted by Crippen LogP contribution is 2.46. The molecule has 0 radical (unpaired) electrons. The topological polar surface area (TPSA) is 86.3 Å². The third-order valence-corrected chi connectivity index (χ3v) is 4.34. The van der Waals surface area contributed by atoms with Gasteiger partial charge in [-0.3, -0.25) is 20.2 Å². The van der Waals surface area contributed by atoms with E-state index in [0.29, 0.717) is 0 Å². The third kappa shape index (κ3) is 2.57. The minimum absolute atomic E-state index is 0.00111. The molecule has 0 saturated heterocycles. The van der Waals surface area contributed by atoms with Crippen LogP contribution in [0.4, 0.5) is 10.7 Å². The van der Waals surface area contributed by atoms with Crippen LogP contribution in [0.25, 0.3) is 11.1 Å². The van der Waals surface area contributed by atoms with Crippen LogP contribution in [0.5, 0.6) is 0 Å². The summed E-state index contributed by atoms with van der Waals surface area (Å²) in [6.45, 7) is 0. The molecule has 2 rings (SSSR count). The molecular formula is C10H3Cl3N2O4S. The zero-order chi connectivity index (χ0) is 15.0. The molecular weight excluding hydrogens is 351 g/mol. The Morgan fingerprint density at radius 3 is 2.15 bits per heavy atom. The van der Waals surface area contributed by atoms with E-state index in [-0.39, 0.29) is 31.2 Å². The number of benzene rings is 1. The van der Waals surface area contributed by atoms with Crippen LogP contribution >= 0.6 is 46.1 Å². The van der Waals surface area contributed by atoms with Gasteiger partial charge in [-0.1, -0.05) is 46.1 Å². The summed E-state index contributed by atoms with van der Waals surface area (Å²) in [6.07, 6.45) is 0. The molecule has 6 nitrogen and oxygen atoms in total. The molecule has 2 aromatic rings. The van der Waals surface area contributed by atoms with Gasteiger partial charge >= 0.3 is 5.00 Å². The summed E-state index contributed by atoms with van der Waals surface area (Å²) in [4.78, 5) is 20.5. The van der Waals surface area contributed by atoms with Crippen LogP contribution in [0.3, 0.4) is 0 Å². The second kappa shape index (κ2) is 5.53. The minimum atomic E-state index is -0.723. The molecule has 0 fully saturated rings. The van der Waals surface area contributed by atoms with Crippen molar-refractivity contribution in [3.05, 3.63) is 52.8 Å². The van der Waals surface area contributed by atoms with E-state index in [1.54, 1.807) is 0 Å². The van der Waals surface area contributed by atoms with E-state index in [0.717, 1.165) is 11.3 Å². The lowest BCUT2D eigenvalue weighted by atomic mass is 10.1. The summed E-state index contributed by atoms with van der Waals surface area (Å²) in [5, 5.41) is 22.7. The van der Waals surface area contributed by atoms with Crippen molar-refractivity contribution in [3.8, 4) is 11.1 Å². The first-order valence-electron chi connectivity index (χ1n) is 4.88. The molecule has 0 bridgehead atoms. The summed E-state index contributed by atoms with van der Waals surface area (Å²) in [5.41, 5.74) is -0.218. The van der Waals surface area contributed by atoms with E-state index < -0.39 is 15.5 Å². The van der Waals surface area contributed by atoms with E-state index in [1.165, 1.54) is 17.5 Å². The van der Waals surface area contributed by atoms with E-state index >= 15 is 0 Å². The Balaban J connectivity index is 2.75. The van der Waals surface area contributed by atoms with Crippen LogP contribution in [0.15, 0.2) is 17.5 Å². The van der Waals surface area contributed by atoms with Crippen molar-refractivity contribution < 1.29 is 9.85 Å². The van der Waals surface area contributed by atoms with Crippen LogP contribution in [-0.2, 0) is 0 Å². The molecule has 1 aromatic heterocycles. The van der Waals surface area contributed by atoms with Gasteiger partial charge in [-0.05, 0) is 6.07 Å². The molecule has 0 aliphatic rings. The zero-order valence-corrected chi connectivity index (χ0v) is 12.4. The largest absolute Gasteiger partial charge is 0.324 e. The Labute approximate surface area is 130 Å². The lowest BCUT2D eigenvalue weighted by Gasteiger charge is -2.06. The van der Waals surface area contributed by atoms with Crippen LogP contribution < -0.4 is 0 Å². The Hall–Kier alpha value is -1.41. The molecule has 0 unspecified atom stereocenters. The molecule has 20 heavy (non-hydrogen) atoms. The smallest absolute Gasteiger partial charge is 0.258 e. The maximum atomic E-state index is 11.1. The van der Waals surface area contributed by atoms with Gasteiger partial charge in [0.2, 0.25) is 0 Å². The Morgan fingerprint density at radius 1 is 1.00 bits per heavy atom. The van der Waals surface area contributed by atoms with Crippen LogP contribution in [-0.4, -0.2) is 9.85 Å². The van der Waals surface area contributed by atoms with Crippen molar-refractivity contribution in [1.82, 2.24) is 0 Å². The molecule has 0 aliphatic heterocycles. The van der Waals surface area contributed by atoms with Crippen LogP contribution in [0.2, 0.25) is 15.1 Å². The number of nitro benzene ring substituents is 1. The van der Waals surface area contributed by atoms with Crippen LogP contribution in [0.1, 0.15) is 0 Å². The Morgan fingerprint density at radius 2 is 1.65 bits per heavy atom. The highest BCUT2D eigenvalue weighted by Gasteiger charge is 2.27. The summed E-state index contributed by atoms with van der Waals surface area (Å²) < 4.78 is 0. The summed E-state index contributed by atoms with van der Waals surface area (Å²) in [6, 6.07) is 2.46. The van der Waals surface area contributed by atoms with Gasteiger partial charge in [-0.2, -0.15) is 0 Å². The van der Waals surface area contributed by atoms with Crippen LogP contribution in [0, 0.1) is 20.2 Å². The molecule has 104 valence electrons. The summed E-state index contributed by atoms with van der Waals surface area (Å²) >= 11 is 18.4. The molecule has 0 spiro atoms. The van der Waals surface area contributed by atoms with Crippen molar-refractivity contribution in [1.29, 1.82) is 0 Å². The quantitative estimate of drug-likeness (QED) is 0.431. The number of thiophene rings is 1. The van der Waals surface area contributed by atoms with Gasteiger partial charge in [0.1, 0.15) is 5.02 Å². The lowest BCUT2D eigenvalue weighted by Crippen LogP contribution is -1.94. The van der Waals surface area contributed by atoms with Crippen molar-refractivity contribution in [3.63, 3.8) is 0 Å². The SMILES string of the molecule is O=[N+]([O-])c1cc(-c2c(Cl)cc(Cl)c(Cl)c2[N+](=O)[O-])cs1. The van der Waals surface area contributed by atoms with Gasteiger partial charge in [0.15, 0.2) is 0 Å². The summed E-state index contributed by atoms with van der Waals surface area (Å²) in [5.74, 6) is 0. The Bertz CT molecular complexity index is 732. The standard InChI is InChI=1S/C10H3Cl3N2O4S/c11-5-2-6(12)9(13)10(15(18)19)8(5)4-1-7(14(16)17)20-3-4/h1-3H. The number of halogens is 3. The van der Waals surface area contributed by atoms with Crippen molar-refractivity contribution in [2.45, 2.75) is 0 Å². The van der Waals surface area contributed by atoms with Gasteiger partial charge < -0.3 is 0 Å². The normalized spacial score (nSPS) is 10.6. The average molecular weight is 354 g/mol. The highest BCUT2D eigenvalue weighted by atomic mass is 35.5. The molecule has 0 saturated carbocycles. The lowest BCUT2D eigenvalue weighted by molar-refractivity contribution is -0.384. The maximum absolute atomic E-state index is 11.1. The molecule has 0 amide bonds. The summed E-state index contributed by atoms with van der Waals surface area (Å²) in [7, 11) is 0. The number of nitrogens with zero attached hydrogens (tertiary/aromatic N) is 2. The van der Waals surface area contributed by atoms with E-state index in [1.807, 2.05) is 0 Å². The van der Waals surface area contributed by atoms with Gasteiger partial charge in [0.05, 0.1) is 25.5 Å². The molecule has 0 atom stereocenters. The Kier molecular flexibility index (Phi) is 4.14. The van der Waals surface area contributed by atoms with Crippen molar-refractivity contribution >= 4 is 56.8 Å². The van der Waals surface area contributed by atoms with E-state index in [9.17, 15) is 20.2 Å². The first kappa shape index (κ1) is 15.0. The van der Waals surface area contributed by atoms with Crippen molar-refractivity contribution in [2.75, 3.05) is 0 Å². The fraction of sp³-hybridized carbons (Fsp3) is 0. The van der Waals surface area contributed by atoms with Gasteiger partial charge in [0, 0.05) is 17.0 Å². The zero-order valence-electron chi connectivity index (χ0n) is 9.30. The molecule has 1 heterocycles. The average Bonchev–Trinajstić information content (AvgIpc) is 2.82. The van der Waals surface area contributed by atoms with Gasteiger partial charge in [0.25, 0.3) is 5.69 Å². The fourth-order valence-corrected chi connectivity index (χ4v) is 3.08. The van der Waals surface area contributed by atoms with Gasteiger partial charge in [-0.25, -0.2) is 0 Å². The number of nitro groups is 2. The minimum Gasteiger partial charge on any atom is -0.258 e. The monoisotopic (exact) mass is 352 g/mol. The molecule has 10 heteroatoms. The predicted molar refractivity (Wildman–Crippen MR) is 78.1 cm³/mol. The number of rotatable bonds is 3. The molecule has 0 aliphatic carbocycles. The van der Waals surface area contributed by atoms with E-state index in [2.05, 4.69) is 0 Å². The predicted octanol–water partition coefficient (Wildman–Crippen LogP) is 5.19. The van der Waals surface area contributed by atoms with E-state index in [4.69, 9.17) is 34.8 Å². The molecule has 0 N–H and O–H groups in total.